The zero-order valence-corrected chi connectivity index (χ0v) is 16.8. The molecule has 30 heavy (non-hydrogen) atoms. The van der Waals surface area contributed by atoms with E-state index in [1.165, 1.54) is 7.11 Å². The number of aromatic amines is 1. The number of amides is 2. The van der Waals surface area contributed by atoms with Gasteiger partial charge in [0.15, 0.2) is 0 Å². The predicted octanol–water partition coefficient (Wildman–Crippen LogP) is 3.45. The number of rotatable bonds is 5. The first-order valence-electron chi connectivity index (χ1n) is 9.94. The second-order valence-electron chi connectivity index (χ2n) is 7.24. The molecule has 1 aliphatic heterocycles. The van der Waals surface area contributed by atoms with Crippen LogP contribution in [0.15, 0.2) is 60.7 Å². The maximum Gasteiger partial charge on any atom is 0.318 e. The van der Waals surface area contributed by atoms with Crippen LogP contribution in [0.3, 0.4) is 0 Å². The molecule has 7 heteroatoms. The summed E-state index contributed by atoms with van der Waals surface area (Å²) in [4.78, 5) is 34.6. The molecule has 4 rings (SSSR count). The molecule has 0 bridgehead atoms. The molecule has 154 valence electrons. The Morgan fingerprint density at radius 2 is 1.83 bits per heavy atom. The molecular weight excluding hydrogens is 380 g/mol. The van der Waals surface area contributed by atoms with E-state index in [1.807, 2.05) is 60.7 Å². The smallest absolute Gasteiger partial charge is 0.318 e. The molecular formula is C23H24N4O3. The first-order valence-corrected chi connectivity index (χ1v) is 9.94. The van der Waals surface area contributed by atoms with Gasteiger partial charge in [0.25, 0.3) is 0 Å². The molecule has 2 aromatic carbocycles. The Balaban J connectivity index is 1.47. The lowest BCUT2D eigenvalue weighted by molar-refractivity contribution is -0.141. The van der Waals surface area contributed by atoms with Gasteiger partial charge in [0.1, 0.15) is 5.82 Å². The number of carbonyl (C=O) groups excluding carboxylic acids is 2. The topological polar surface area (TPSA) is 87.3 Å². The zero-order valence-electron chi connectivity index (χ0n) is 16.8. The number of hydrogen-bond donors (Lipinski definition) is 2. The van der Waals surface area contributed by atoms with Crippen LogP contribution < -0.4 is 5.32 Å². The highest BCUT2D eigenvalue weighted by Crippen LogP contribution is 2.24. The minimum absolute atomic E-state index is 0.0769. The first-order chi connectivity index (χ1) is 14.6. The highest BCUT2D eigenvalue weighted by Gasteiger charge is 2.27. The summed E-state index contributed by atoms with van der Waals surface area (Å²) in [5, 5.41) is 2.99. The van der Waals surface area contributed by atoms with Crippen LogP contribution in [0.25, 0.3) is 11.4 Å². The van der Waals surface area contributed by atoms with Crippen LogP contribution in [0.1, 0.15) is 29.4 Å². The largest absolute Gasteiger partial charge is 0.469 e. The summed E-state index contributed by atoms with van der Waals surface area (Å²) in [7, 11) is 1.35. The van der Waals surface area contributed by atoms with Crippen LogP contribution in [-0.4, -0.2) is 40.5 Å². The zero-order chi connectivity index (χ0) is 20.9. The number of benzene rings is 2. The number of imidazole rings is 1. The fourth-order valence-electron chi connectivity index (χ4n) is 3.63. The number of nitrogens with zero attached hydrogens (tertiary/aromatic N) is 2. The molecule has 0 saturated carbocycles. The minimum Gasteiger partial charge on any atom is -0.469 e. The van der Waals surface area contributed by atoms with E-state index in [4.69, 9.17) is 9.72 Å². The number of fused-ring (bicyclic) bond motifs is 1. The molecule has 7 nitrogen and oxygen atoms in total. The Hall–Kier alpha value is -3.61. The van der Waals surface area contributed by atoms with Crippen molar-refractivity contribution in [2.75, 3.05) is 13.7 Å². The number of esters is 1. The van der Waals surface area contributed by atoms with Crippen molar-refractivity contribution in [3.63, 3.8) is 0 Å². The van der Waals surface area contributed by atoms with Gasteiger partial charge >= 0.3 is 12.0 Å². The monoisotopic (exact) mass is 404 g/mol. The van der Waals surface area contributed by atoms with Crippen LogP contribution >= 0.6 is 0 Å². The summed E-state index contributed by atoms with van der Waals surface area (Å²) < 4.78 is 4.80. The molecule has 2 N–H and O–H groups in total. The van der Waals surface area contributed by atoms with Crippen molar-refractivity contribution in [2.24, 2.45) is 0 Å². The average Bonchev–Trinajstić information content (AvgIpc) is 3.23. The minimum atomic E-state index is -0.450. The second kappa shape index (κ2) is 8.82. The first kappa shape index (κ1) is 19.7. The number of nitrogens with one attached hydrogen (secondary N) is 2. The molecule has 0 fully saturated rings. The number of carbonyl (C=O) groups is 2. The highest BCUT2D eigenvalue weighted by molar-refractivity contribution is 5.77. The van der Waals surface area contributed by atoms with Gasteiger partial charge in [-0.15, -0.1) is 0 Å². The molecule has 0 saturated heterocycles. The number of H-pyrrole nitrogens is 1. The van der Waals surface area contributed by atoms with E-state index in [0.29, 0.717) is 19.5 Å². The average molecular weight is 404 g/mol. The summed E-state index contributed by atoms with van der Waals surface area (Å²) in [5.74, 6) is 0.446. The van der Waals surface area contributed by atoms with Crippen LogP contribution in [0, 0.1) is 0 Å². The van der Waals surface area contributed by atoms with Gasteiger partial charge in [-0.3, -0.25) is 4.79 Å². The van der Waals surface area contributed by atoms with Crippen molar-refractivity contribution in [1.82, 2.24) is 20.2 Å². The van der Waals surface area contributed by atoms with Crippen molar-refractivity contribution in [1.29, 1.82) is 0 Å². The molecule has 0 aliphatic carbocycles. The maximum absolute atomic E-state index is 13.0. The Morgan fingerprint density at radius 1 is 1.13 bits per heavy atom. The molecule has 2 heterocycles. The Bertz CT molecular complexity index is 1020. The van der Waals surface area contributed by atoms with Gasteiger partial charge in [0.05, 0.1) is 37.5 Å². The molecule has 1 aromatic heterocycles. The fraction of sp³-hybridized carbons (Fsp3) is 0.261. The Kier molecular flexibility index (Phi) is 5.79. The quantitative estimate of drug-likeness (QED) is 0.638. The lowest BCUT2D eigenvalue weighted by Gasteiger charge is -2.29. The Morgan fingerprint density at radius 3 is 2.53 bits per heavy atom. The molecule has 0 spiro atoms. The molecule has 1 aliphatic rings. The van der Waals surface area contributed by atoms with Crippen LogP contribution in [-0.2, 0) is 22.5 Å². The standard InChI is InChI=1S/C23H24N4O3/c1-30-21(28)14-19(16-8-4-2-5-9-16)26-23(29)27-13-12-18-20(15-27)25-22(24-18)17-10-6-3-7-11-17/h2-11,19H,12-15H2,1H3,(H,24,25)(H,26,29). The number of ether oxygens (including phenoxy) is 1. The fourth-order valence-corrected chi connectivity index (χ4v) is 3.63. The van der Waals surface area contributed by atoms with Crippen LogP contribution in [0.5, 0.6) is 0 Å². The van der Waals surface area contributed by atoms with E-state index < -0.39 is 6.04 Å². The third-order valence-corrected chi connectivity index (χ3v) is 5.26. The van der Waals surface area contributed by atoms with Gasteiger partial charge < -0.3 is 19.9 Å². The van der Waals surface area contributed by atoms with Crippen LogP contribution in [0.2, 0.25) is 0 Å². The molecule has 2 amide bonds. The third kappa shape index (κ3) is 4.35. The summed E-state index contributed by atoms with van der Waals surface area (Å²) in [6, 6.07) is 18.7. The number of aromatic nitrogens is 2. The van der Waals surface area contributed by atoms with Gasteiger partial charge in [-0.05, 0) is 5.56 Å². The van der Waals surface area contributed by atoms with E-state index in [9.17, 15) is 9.59 Å². The predicted molar refractivity (Wildman–Crippen MR) is 112 cm³/mol. The lowest BCUT2D eigenvalue weighted by Crippen LogP contribution is -2.44. The summed E-state index contributed by atoms with van der Waals surface area (Å²) >= 11 is 0. The van der Waals surface area contributed by atoms with Crippen molar-refractivity contribution >= 4 is 12.0 Å². The number of hydrogen-bond acceptors (Lipinski definition) is 4. The second-order valence-corrected chi connectivity index (χ2v) is 7.24. The Labute approximate surface area is 175 Å². The molecule has 1 atom stereocenters. The molecule has 1 unspecified atom stereocenters. The lowest BCUT2D eigenvalue weighted by atomic mass is 10.0. The number of methoxy groups -OCH3 is 1. The summed E-state index contributed by atoms with van der Waals surface area (Å²) in [6.45, 7) is 1.01. The van der Waals surface area contributed by atoms with Crippen molar-refractivity contribution < 1.29 is 14.3 Å². The normalized spacial score (nSPS) is 14.0. The number of urea groups is 1. The molecule has 0 radical (unpaired) electrons. The SMILES string of the molecule is COC(=O)CC(NC(=O)N1CCc2nc(-c3ccccc3)[nH]c2C1)c1ccccc1. The maximum atomic E-state index is 13.0. The highest BCUT2D eigenvalue weighted by atomic mass is 16.5. The van der Waals surface area contributed by atoms with Gasteiger partial charge in [-0.25, -0.2) is 9.78 Å². The third-order valence-electron chi connectivity index (χ3n) is 5.26. The summed E-state index contributed by atoms with van der Waals surface area (Å²) in [6.07, 6.45) is 0.757. The van der Waals surface area contributed by atoms with Gasteiger partial charge in [-0.2, -0.15) is 0 Å². The van der Waals surface area contributed by atoms with Crippen molar-refractivity contribution in [3.05, 3.63) is 77.6 Å². The van der Waals surface area contributed by atoms with Crippen LogP contribution in [0.4, 0.5) is 4.79 Å². The van der Waals surface area contributed by atoms with E-state index in [0.717, 1.165) is 28.3 Å². The van der Waals surface area contributed by atoms with E-state index in [1.54, 1.807) is 4.90 Å². The van der Waals surface area contributed by atoms with Crippen molar-refractivity contribution in [2.45, 2.75) is 25.4 Å². The van der Waals surface area contributed by atoms with Gasteiger partial charge in [0, 0.05) is 18.5 Å². The summed E-state index contributed by atoms with van der Waals surface area (Å²) in [5.41, 5.74) is 3.82. The van der Waals surface area contributed by atoms with E-state index >= 15 is 0 Å². The van der Waals surface area contributed by atoms with Gasteiger partial charge in [-0.1, -0.05) is 60.7 Å². The molecule has 3 aromatic rings. The van der Waals surface area contributed by atoms with E-state index in [-0.39, 0.29) is 18.4 Å². The van der Waals surface area contributed by atoms with Gasteiger partial charge in [0.2, 0.25) is 0 Å². The van der Waals surface area contributed by atoms with E-state index in [2.05, 4.69) is 10.3 Å². The van der Waals surface area contributed by atoms with Crippen molar-refractivity contribution in [3.8, 4) is 11.4 Å².